The summed E-state index contributed by atoms with van der Waals surface area (Å²) < 4.78 is 5.20. The number of hydrogen-bond donors (Lipinski definition) is 2. The van der Waals surface area contributed by atoms with E-state index in [0.717, 1.165) is 0 Å². The number of carbonyl (C=O) groups is 2. The van der Waals surface area contributed by atoms with Crippen molar-refractivity contribution in [1.82, 2.24) is 0 Å². The first-order valence-corrected chi connectivity index (χ1v) is 8.67. The largest absolute Gasteiger partial charge is 0.495 e. The lowest BCUT2D eigenvalue weighted by Crippen LogP contribution is -2.14. The van der Waals surface area contributed by atoms with Crippen LogP contribution >= 0.6 is 11.8 Å². The van der Waals surface area contributed by atoms with Crippen molar-refractivity contribution < 1.29 is 19.2 Å². The van der Waals surface area contributed by atoms with E-state index in [9.17, 15) is 19.7 Å². The van der Waals surface area contributed by atoms with Gasteiger partial charge in [-0.3, -0.25) is 19.7 Å². The lowest BCUT2D eigenvalue weighted by atomic mass is 10.1. The van der Waals surface area contributed by atoms with E-state index in [-0.39, 0.29) is 17.2 Å². The van der Waals surface area contributed by atoms with E-state index in [1.54, 1.807) is 24.5 Å². The molecule has 0 spiro atoms. The zero-order chi connectivity index (χ0) is 19.3. The first kappa shape index (κ1) is 19.3. The van der Waals surface area contributed by atoms with E-state index in [0.29, 0.717) is 22.0 Å². The van der Waals surface area contributed by atoms with Crippen LogP contribution in [0.15, 0.2) is 41.3 Å². The highest BCUT2D eigenvalue weighted by molar-refractivity contribution is 7.98. The molecule has 0 aliphatic rings. The van der Waals surface area contributed by atoms with Crippen molar-refractivity contribution in [3.8, 4) is 5.75 Å². The molecule has 0 saturated carbocycles. The summed E-state index contributed by atoms with van der Waals surface area (Å²) in [4.78, 5) is 34.8. The number of nitrogens with one attached hydrogen (secondary N) is 2. The molecule has 0 fully saturated rings. The van der Waals surface area contributed by atoms with Crippen LogP contribution in [0.5, 0.6) is 5.75 Å². The second kappa shape index (κ2) is 8.34. The van der Waals surface area contributed by atoms with Crippen LogP contribution in [-0.2, 0) is 4.79 Å². The number of methoxy groups -OCH3 is 1. The topological polar surface area (TPSA) is 111 Å². The molecule has 0 aliphatic carbocycles. The predicted octanol–water partition coefficient (Wildman–Crippen LogP) is 3.54. The molecule has 0 saturated heterocycles. The van der Waals surface area contributed by atoms with Gasteiger partial charge in [0.2, 0.25) is 5.91 Å². The van der Waals surface area contributed by atoms with Gasteiger partial charge in [0.15, 0.2) is 0 Å². The molecule has 0 bridgehead atoms. The number of amides is 2. The summed E-state index contributed by atoms with van der Waals surface area (Å²) in [5.41, 5.74) is 0.822. The number of benzene rings is 2. The lowest BCUT2D eigenvalue weighted by Gasteiger charge is -2.12. The summed E-state index contributed by atoms with van der Waals surface area (Å²) >= 11 is 1.23. The number of nitrogens with zero attached hydrogens (tertiary/aromatic N) is 1. The number of nitro benzene ring substituents is 1. The number of nitro groups is 1. The fourth-order valence-corrected chi connectivity index (χ4v) is 2.80. The molecule has 8 nitrogen and oxygen atoms in total. The quantitative estimate of drug-likeness (QED) is 0.454. The van der Waals surface area contributed by atoms with Crippen LogP contribution in [0.25, 0.3) is 0 Å². The summed E-state index contributed by atoms with van der Waals surface area (Å²) in [6, 6.07) is 9.04. The van der Waals surface area contributed by atoms with Crippen LogP contribution in [0, 0.1) is 10.1 Å². The van der Waals surface area contributed by atoms with E-state index >= 15 is 0 Å². The molecule has 2 aromatic carbocycles. The average molecular weight is 375 g/mol. The van der Waals surface area contributed by atoms with Gasteiger partial charge >= 0.3 is 0 Å². The van der Waals surface area contributed by atoms with Gasteiger partial charge in [-0.15, -0.1) is 11.8 Å². The van der Waals surface area contributed by atoms with Crippen LogP contribution in [0.4, 0.5) is 17.1 Å². The van der Waals surface area contributed by atoms with E-state index in [1.807, 2.05) is 0 Å². The van der Waals surface area contributed by atoms with Gasteiger partial charge < -0.3 is 15.4 Å². The molecule has 26 heavy (non-hydrogen) atoms. The molecule has 0 atom stereocenters. The van der Waals surface area contributed by atoms with Crippen molar-refractivity contribution in [2.24, 2.45) is 0 Å². The van der Waals surface area contributed by atoms with Gasteiger partial charge in [-0.1, -0.05) is 0 Å². The molecule has 9 heteroatoms. The van der Waals surface area contributed by atoms with Crippen molar-refractivity contribution in [1.29, 1.82) is 0 Å². The first-order valence-electron chi connectivity index (χ1n) is 7.45. The second-order valence-corrected chi connectivity index (χ2v) is 6.04. The molecule has 2 aromatic rings. The van der Waals surface area contributed by atoms with Crippen molar-refractivity contribution in [3.05, 3.63) is 52.1 Å². The van der Waals surface area contributed by atoms with Crippen molar-refractivity contribution in [2.75, 3.05) is 24.0 Å². The maximum atomic E-state index is 12.5. The summed E-state index contributed by atoms with van der Waals surface area (Å²) in [6.07, 6.45) is 1.72. The molecule has 0 aliphatic heterocycles. The van der Waals surface area contributed by atoms with E-state index in [4.69, 9.17) is 4.74 Å². The molecule has 136 valence electrons. The number of hydrogen-bond acceptors (Lipinski definition) is 6. The fourth-order valence-electron chi connectivity index (χ4n) is 2.26. The Labute approximate surface area is 154 Å². The number of thioether (sulfide) groups is 1. The van der Waals surface area contributed by atoms with Gasteiger partial charge in [0.25, 0.3) is 11.6 Å². The second-order valence-electron chi connectivity index (χ2n) is 5.19. The molecule has 0 radical (unpaired) electrons. The van der Waals surface area contributed by atoms with Crippen LogP contribution in [0.3, 0.4) is 0 Å². The lowest BCUT2D eigenvalue weighted by molar-refractivity contribution is -0.387. The van der Waals surface area contributed by atoms with Crippen molar-refractivity contribution in [2.45, 2.75) is 11.8 Å². The number of rotatable bonds is 6. The Hall–Kier alpha value is -3.07. The minimum Gasteiger partial charge on any atom is -0.495 e. The summed E-state index contributed by atoms with van der Waals surface area (Å²) in [5, 5.41) is 16.4. The molecule has 2 rings (SSSR count). The third kappa shape index (κ3) is 4.51. The van der Waals surface area contributed by atoms with Gasteiger partial charge in [0.05, 0.1) is 22.6 Å². The summed E-state index contributed by atoms with van der Waals surface area (Å²) in [6.45, 7) is 1.37. The van der Waals surface area contributed by atoms with Crippen LogP contribution < -0.4 is 15.4 Å². The maximum absolute atomic E-state index is 12.5. The Bertz CT molecular complexity index is 869. The van der Waals surface area contributed by atoms with Gasteiger partial charge in [0, 0.05) is 24.2 Å². The van der Waals surface area contributed by atoms with Crippen LogP contribution in [0.1, 0.15) is 17.3 Å². The van der Waals surface area contributed by atoms with Gasteiger partial charge in [-0.2, -0.15) is 0 Å². The van der Waals surface area contributed by atoms with Crippen LogP contribution in [0.2, 0.25) is 0 Å². The smallest absolute Gasteiger partial charge is 0.283 e. The Kier molecular flexibility index (Phi) is 6.18. The van der Waals surface area contributed by atoms with Gasteiger partial charge in [0.1, 0.15) is 5.75 Å². The average Bonchev–Trinajstić information content (AvgIpc) is 2.60. The molecule has 2 N–H and O–H groups in total. The Morgan fingerprint density at radius 2 is 1.88 bits per heavy atom. The van der Waals surface area contributed by atoms with Crippen molar-refractivity contribution in [3.63, 3.8) is 0 Å². The highest BCUT2D eigenvalue weighted by atomic mass is 32.2. The third-order valence-electron chi connectivity index (χ3n) is 3.41. The zero-order valence-electron chi connectivity index (χ0n) is 14.4. The molecule has 0 aromatic heterocycles. The summed E-state index contributed by atoms with van der Waals surface area (Å²) in [5.74, 6) is -0.391. The number of carbonyl (C=O) groups excluding carboxylic acids is 2. The van der Waals surface area contributed by atoms with E-state index in [2.05, 4.69) is 10.6 Å². The number of ether oxygens (including phenoxy) is 1. The molecular weight excluding hydrogens is 358 g/mol. The SMILES string of the molecule is COc1ccc(NC(C)=O)cc1NC(=O)c1ccc(SC)c([N+](=O)[O-])c1. The fraction of sp³-hybridized carbons (Fsp3) is 0.176. The molecule has 0 unspecified atom stereocenters. The van der Waals surface area contributed by atoms with Gasteiger partial charge in [-0.25, -0.2) is 0 Å². The zero-order valence-corrected chi connectivity index (χ0v) is 15.2. The van der Waals surface area contributed by atoms with Gasteiger partial charge in [-0.05, 0) is 36.6 Å². The maximum Gasteiger partial charge on any atom is 0.283 e. The molecule has 0 heterocycles. The van der Waals surface area contributed by atoms with Crippen LogP contribution in [-0.4, -0.2) is 30.1 Å². The predicted molar refractivity (Wildman–Crippen MR) is 100 cm³/mol. The first-order chi connectivity index (χ1) is 12.3. The number of anilines is 2. The summed E-state index contributed by atoms with van der Waals surface area (Å²) in [7, 11) is 1.45. The van der Waals surface area contributed by atoms with E-state index in [1.165, 1.54) is 44.0 Å². The Morgan fingerprint density at radius 1 is 1.15 bits per heavy atom. The minimum absolute atomic E-state index is 0.135. The molecular formula is C17H17N3O5S. The normalized spacial score (nSPS) is 10.1. The van der Waals surface area contributed by atoms with Crippen molar-refractivity contribution >= 4 is 40.6 Å². The molecule has 2 amide bonds. The minimum atomic E-state index is -0.529. The standard InChI is InChI=1S/C17H17N3O5S/c1-10(21)18-12-5-6-15(25-2)13(9-12)19-17(22)11-4-7-16(26-3)14(8-11)20(23)24/h4-9H,1-3H3,(H,18,21)(H,19,22). The third-order valence-corrected chi connectivity index (χ3v) is 4.19. The Morgan fingerprint density at radius 3 is 2.46 bits per heavy atom. The monoisotopic (exact) mass is 375 g/mol. The highest BCUT2D eigenvalue weighted by Gasteiger charge is 2.18. The highest BCUT2D eigenvalue weighted by Crippen LogP contribution is 2.31. The Balaban J connectivity index is 2.33. The van der Waals surface area contributed by atoms with E-state index < -0.39 is 10.8 Å².